The van der Waals surface area contributed by atoms with Gasteiger partial charge in [-0.3, -0.25) is 4.79 Å². The van der Waals surface area contributed by atoms with Crippen LogP contribution in [0.1, 0.15) is 57.6 Å². The Hall–Kier alpha value is -1.48. The average molecular weight is 536 g/mol. The maximum Gasteiger partial charge on any atom is 0.248 e. The van der Waals surface area contributed by atoms with Gasteiger partial charge in [-0.15, -0.1) is 0 Å². The first-order valence-electron chi connectivity index (χ1n) is 13.7. The monoisotopic (exact) mass is 535 g/mol. The van der Waals surface area contributed by atoms with E-state index in [-0.39, 0.29) is 23.3 Å². The Labute approximate surface area is 227 Å². The van der Waals surface area contributed by atoms with E-state index in [0.29, 0.717) is 19.1 Å². The molecule has 1 aromatic rings. The van der Waals surface area contributed by atoms with Crippen LogP contribution in [0, 0.1) is 30.6 Å². The number of carbonyl (C=O) groups is 1. The van der Waals surface area contributed by atoms with Crippen molar-refractivity contribution < 1.29 is 18.5 Å². The molecule has 0 radical (unpaired) electrons. The summed E-state index contributed by atoms with van der Waals surface area (Å²) in [5.41, 5.74) is 2.33. The van der Waals surface area contributed by atoms with Crippen LogP contribution in [0.5, 0.6) is 5.75 Å². The summed E-state index contributed by atoms with van der Waals surface area (Å²) in [5.74, 6) is 1.26. The standard InChI is InChI=1S/C29H49N3O4S/c1-22-17-25(35-8)18-23(2)27(22)37(34)31(7)15-16-36-20-26(33)30(6)19-24-11-12-29(5,28(24,3)4)21-32-13-9-10-14-32/h17-18,24H,9-16,19-21H2,1-8H3/t24-,29+,37?/m1/s1. The number of benzene rings is 1. The van der Waals surface area contributed by atoms with Gasteiger partial charge in [0.1, 0.15) is 23.3 Å². The van der Waals surface area contributed by atoms with E-state index in [9.17, 15) is 9.00 Å². The van der Waals surface area contributed by atoms with Crippen molar-refractivity contribution in [3.63, 3.8) is 0 Å². The number of aryl methyl sites for hydroxylation is 2. The Balaban J connectivity index is 1.44. The first-order chi connectivity index (χ1) is 17.4. The molecule has 1 aliphatic heterocycles. The molecule has 37 heavy (non-hydrogen) atoms. The van der Waals surface area contributed by atoms with E-state index in [1.54, 1.807) is 11.4 Å². The highest BCUT2D eigenvalue weighted by molar-refractivity contribution is 7.82. The molecule has 0 aromatic heterocycles. The molecule has 2 aliphatic rings. The molecule has 3 rings (SSSR count). The van der Waals surface area contributed by atoms with Crippen LogP contribution in [0.2, 0.25) is 0 Å². The topological polar surface area (TPSA) is 62.3 Å². The number of hydrogen-bond donors (Lipinski definition) is 0. The second-order valence-electron chi connectivity index (χ2n) is 12.0. The fourth-order valence-electron chi connectivity index (χ4n) is 6.14. The fourth-order valence-corrected chi connectivity index (χ4v) is 7.36. The Kier molecular flexibility index (Phi) is 10.2. The molecule has 0 bridgehead atoms. The van der Waals surface area contributed by atoms with Crippen LogP contribution in [-0.2, 0) is 20.5 Å². The third-order valence-electron chi connectivity index (χ3n) is 9.22. The van der Waals surface area contributed by atoms with E-state index in [2.05, 4.69) is 25.7 Å². The highest BCUT2D eigenvalue weighted by Gasteiger charge is 2.52. The highest BCUT2D eigenvalue weighted by atomic mass is 32.2. The van der Waals surface area contributed by atoms with E-state index in [1.807, 2.05) is 45.0 Å². The maximum absolute atomic E-state index is 13.1. The molecule has 3 atom stereocenters. The Morgan fingerprint density at radius 1 is 1.14 bits per heavy atom. The number of nitrogens with zero attached hydrogens (tertiary/aromatic N) is 3. The molecule has 1 saturated heterocycles. The average Bonchev–Trinajstić information content (AvgIpc) is 3.42. The van der Waals surface area contributed by atoms with Gasteiger partial charge < -0.3 is 19.3 Å². The second kappa shape index (κ2) is 12.6. The number of rotatable bonds is 12. The second-order valence-corrected chi connectivity index (χ2v) is 13.5. The number of methoxy groups -OCH3 is 1. The molecule has 1 saturated carbocycles. The minimum absolute atomic E-state index is 0.00886. The van der Waals surface area contributed by atoms with Crippen molar-refractivity contribution in [1.82, 2.24) is 14.1 Å². The number of amides is 1. The van der Waals surface area contributed by atoms with Gasteiger partial charge in [0.15, 0.2) is 0 Å². The summed E-state index contributed by atoms with van der Waals surface area (Å²) in [5, 5.41) is 0. The normalized spacial score (nSPS) is 24.5. The lowest BCUT2D eigenvalue weighted by Gasteiger charge is -2.44. The third-order valence-corrected chi connectivity index (χ3v) is 11.0. The molecule has 210 valence electrons. The van der Waals surface area contributed by atoms with Crippen LogP contribution in [0.4, 0.5) is 0 Å². The highest BCUT2D eigenvalue weighted by Crippen LogP contribution is 2.56. The van der Waals surface area contributed by atoms with E-state index in [1.165, 1.54) is 38.9 Å². The van der Waals surface area contributed by atoms with Gasteiger partial charge >= 0.3 is 0 Å². The van der Waals surface area contributed by atoms with Gasteiger partial charge in [0.05, 0.1) is 18.6 Å². The molecule has 1 heterocycles. The predicted molar refractivity (Wildman–Crippen MR) is 150 cm³/mol. The molecule has 1 unspecified atom stereocenters. The summed E-state index contributed by atoms with van der Waals surface area (Å²) >= 11 is 0. The van der Waals surface area contributed by atoms with Gasteiger partial charge in [0.25, 0.3) is 0 Å². The predicted octanol–water partition coefficient (Wildman–Crippen LogP) is 4.28. The van der Waals surface area contributed by atoms with E-state index < -0.39 is 11.0 Å². The lowest BCUT2D eigenvalue weighted by atomic mass is 9.65. The largest absolute Gasteiger partial charge is 0.497 e. The Morgan fingerprint density at radius 2 is 1.76 bits per heavy atom. The fraction of sp³-hybridized carbons (Fsp3) is 0.759. The lowest BCUT2D eigenvalue weighted by Crippen LogP contribution is -2.46. The number of likely N-dealkylation sites (tertiary alicyclic amines) is 1. The van der Waals surface area contributed by atoms with Crippen molar-refractivity contribution in [2.75, 3.05) is 67.1 Å². The van der Waals surface area contributed by atoms with Crippen LogP contribution in [-0.4, -0.2) is 91.4 Å². The van der Waals surface area contributed by atoms with Crippen LogP contribution >= 0.6 is 0 Å². The summed E-state index contributed by atoms with van der Waals surface area (Å²) in [6.45, 7) is 16.4. The van der Waals surface area contributed by atoms with E-state index >= 15 is 0 Å². The molecular weight excluding hydrogens is 486 g/mol. The van der Waals surface area contributed by atoms with Gasteiger partial charge in [-0.1, -0.05) is 20.8 Å². The van der Waals surface area contributed by atoms with Gasteiger partial charge in [0, 0.05) is 33.7 Å². The van der Waals surface area contributed by atoms with Gasteiger partial charge in [-0.25, -0.2) is 8.51 Å². The van der Waals surface area contributed by atoms with Crippen LogP contribution in [0.25, 0.3) is 0 Å². The zero-order chi connectivity index (χ0) is 27.4. The minimum Gasteiger partial charge on any atom is -0.497 e. The Bertz CT molecular complexity index is 939. The number of carbonyl (C=O) groups excluding carboxylic acids is 1. The van der Waals surface area contributed by atoms with E-state index in [4.69, 9.17) is 9.47 Å². The van der Waals surface area contributed by atoms with E-state index in [0.717, 1.165) is 34.7 Å². The first kappa shape index (κ1) is 30.1. The molecule has 1 aromatic carbocycles. The minimum atomic E-state index is -1.31. The molecule has 0 spiro atoms. The number of likely N-dealkylation sites (N-methyl/N-ethyl adjacent to an activating group) is 2. The quantitative estimate of drug-likeness (QED) is 0.374. The molecule has 2 fully saturated rings. The van der Waals surface area contributed by atoms with Crippen molar-refractivity contribution in [2.24, 2.45) is 16.7 Å². The first-order valence-corrected chi connectivity index (χ1v) is 14.8. The Morgan fingerprint density at radius 3 is 2.35 bits per heavy atom. The van der Waals surface area contributed by atoms with Crippen LogP contribution < -0.4 is 4.74 Å². The summed E-state index contributed by atoms with van der Waals surface area (Å²) in [7, 11) is 4.04. The summed E-state index contributed by atoms with van der Waals surface area (Å²) in [4.78, 5) is 18.1. The molecular formula is C29H49N3O4S. The molecule has 1 aliphatic carbocycles. The van der Waals surface area contributed by atoms with Crippen molar-refractivity contribution >= 4 is 16.9 Å². The lowest BCUT2D eigenvalue weighted by molar-refractivity contribution is -0.136. The molecule has 1 amide bonds. The molecule has 8 heteroatoms. The third kappa shape index (κ3) is 6.94. The van der Waals surface area contributed by atoms with Crippen molar-refractivity contribution in [3.05, 3.63) is 23.3 Å². The van der Waals surface area contributed by atoms with Crippen molar-refractivity contribution in [3.8, 4) is 5.75 Å². The zero-order valence-electron chi connectivity index (χ0n) is 24.4. The van der Waals surface area contributed by atoms with Gasteiger partial charge in [-0.2, -0.15) is 0 Å². The molecule has 7 nitrogen and oxygen atoms in total. The summed E-state index contributed by atoms with van der Waals surface area (Å²) in [6, 6.07) is 3.80. The van der Waals surface area contributed by atoms with Crippen LogP contribution in [0.3, 0.4) is 0 Å². The van der Waals surface area contributed by atoms with Crippen LogP contribution in [0.15, 0.2) is 17.0 Å². The number of hydrogen-bond acceptors (Lipinski definition) is 5. The molecule has 0 N–H and O–H groups in total. The summed E-state index contributed by atoms with van der Waals surface area (Å²) in [6.07, 6.45) is 5.03. The summed E-state index contributed by atoms with van der Waals surface area (Å²) < 4.78 is 25.9. The van der Waals surface area contributed by atoms with Crippen molar-refractivity contribution in [2.45, 2.75) is 65.2 Å². The van der Waals surface area contributed by atoms with Gasteiger partial charge in [-0.05, 0) is 92.6 Å². The SMILES string of the molecule is COc1cc(C)c(S(=O)N(C)CCOCC(=O)N(C)C[C@H]2CC[C@@](C)(CN3CCCC3)C2(C)C)c(C)c1. The van der Waals surface area contributed by atoms with Crippen molar-refractivity contribution in [1.29, 1.82) is 0 Å². The zero-order valence-corrected chi connectivity index (χ0v) is 25.2. The smallest absolute Gasteiger partial charge is 0.248 e. The maximum atomic E-state index is 13.1. The number of ether oxygens (including phenoxy) is 2. The van der Waals surface area contributed by atoms with Gasteiger partial charge in [0.2, 0.25) is 5.91 Å².